The summed E-state index contributed by atoms with van der Waals surface area (Å²) in [6.07, 6.45) is 9.17. The number of nitrogens with one attached hydrogen (secondary N) is 5. The number of Topliss-reactive ketones (excluding diaryl/α,β-unsaturated/α-hetero) is 1. The van der Waals surface area contributed by atoms with E-state index in [1.54, 1.807) is 31.0 Å². The van der Waals surface area contributed by atoms with E-state index < -0.39 is 41.3 Å². The fraction of sp³-hybridized carbons (Fsp3) is 0.516. The number of nitrogens with zero attached hydrogens (tertiary/aromatic N) is 2. The highest BCUT2D eigenvalue weighted by molar-refractivity contribution is 5.96. The molecular formula is C64H83N7O8. The van der Waals surface area contributed by atoms with Gasteiger partial charge in [0.2, 0.25) is 29.5 Å². The molecule has 4 aromatic carbocycles. The zero-order valence-corrected chi connectivity index (χ0v) is 47.4. The number of amides is 6. The first-order chi connectivity index (χ1) is 37.9. The summed E-state index contributed by atoms with van der Waals surface area (Å²) in [5, 5.41) is 14.1. The lowest BCUT2D eigenvalue weighted by Gasteiger charge is -2.36. The molecule has 1 saturated heterocycles. The van der Waals surface area contributed by atoms with Gasteiger partial charge in [-0.15, -0.1) is 0 Å². The van der Waals surface area contributed by atoms with Crippen LogP contribution in [-0.4, -0.2) is 82.9 Å². The fourth-order valence-corrected chi connectivity index (χ4v) is 11.9. The maximum absolute atomic E-state index is 14.7. The van der Waals surface area contributed by atoms with Crippen LogP contribution in [0.25, 0.3) is 0 Å². The first-order valence-electron chi connectivity index (χ1n) is 28.9. The molecular weight excluding hydrogens is 995 g/mol. The van der Waals surface area contributed by atoms with Gasteiger partial charge in [0, 0.05) is 42.3 Å². The molecule has 5 N–H and O–H groups in total. The predicted octanol–water partition coefficient (Wildman–Crippen LogP) is 8.79. The molecule has 8 rings (SSSR count). The number of benzene rings is 4. The Morgan fingerprint density at radius 1 is 0.696 bits per heavy atom. The number of hydrogen-bond donors (Lipinski definition) is 5. The molecule has 4 aromatic rings. The molecule has 3 unspecified atom stereocenters. The number of ether oxygens (including phenoxy) is 1. The number of hydrogen-bond acceptors (Lipinski definition) is 9. The maximum atomic E-state index is 14.7. The van der Waals surface area contributed by atoms with E-state index in [1.807, 2.05) is 101 Å². The Hall–Kier alpha value is -6.87. The van der Waals surface area contributed by atoms with Crippen molar-refractivity contribution < 1.29 is 38.3 Å². The second kappa shape index (κ2) is 26.4. The number of likely N-dealkylation sites (N-methyl/N-ethyl adjacent to an activating group) is 1. The van der Waals surface area contributed by atoms with Crippen LogP contribution >= 0.6 is 0 Å². The van der Waals surface area contributed by atoms with Gasteiger partial charge in [-0.05, 0) is 141 Å². The van der Waals surface area contributed by atoms with Gasteiger partial charge in [0.15, 0.2) is 0 Å². The predicted molar refractivity (Wildman–Crippen MR) is 304 cm³/mol. The van der Waals surface area contributed by atoms with Crippen molar-refractivity contribution in [2.75, 3.05) is 13.6 Å². The van der Waals surface area contributed by atoms with Gasteiger partial charge >= 0.3 is 0 Å². The molecule has 2 fully saturated rings. The second-order valence-corrected chi connectivity index (χ2v) is 23.7. The van der Waals surface area contributed by atoms with E-state index in [9.17, 15) is 33.6 Å². The standard InChI is InChI=1S/C64H83N7O8/c1-8-40(2)58(73)69-71(62(77)52-24-14-13-23-51(52)60(75)67-54-25-15-19-44-17-9-11-21-49(44)54)37-42-29-33-48(34-30-42)79-39-43-27-31-46(32-28-43)59(74)66-47-35-56(61(76)68-55-26-16-20-45-18-10-12-22-50(45)55)70(38-47)63(78)53(64(4,5)6)36-57(72)41(3)65-7/h9-12,17-18,21-22,27-34,40-41,47,51-56,65H,8,13-16,19-20,23-26,35-39H2,1-7H3,(H,66,74)(H,67,75)(H,68,76)(H,69,73)/t40-,41+,47+,51-,52?,53-,54?,55-,56?/m1/s1. The van der Waals surface area contributed by atoms with Crippen molar-refractivity contribution >= 4 is 41.2 Å². The lowest BCUT2D eigenvalue weighted by atomic mass is 9.76. The SMILES string of the molecule is CC[C@@H](C)C(=O)NN(Cc1ccc(OCc2ccc(C(=O)N[C@H]3CC(C(=O)N[C@@H]4CCCc5ccccc54)N(C(=O)[C@@H](CC(=O)[C@H](C)NC)C(C)(C)C)C3)cc2)cc1)C(=O)C1CCCC[C@H]1C(=O)NC1CCCc2ccccc21. The molecule has 1 aliphatic heterocycles. The zero-order chi connectivity index (χ0) is 56.4. The number of fused-ring (bicyclic) bond motifs is 2. The van der Waals surface area contributed by atoms with Gasteiger partial charge in [-0.2, -0.15) is 0 Å². The van der Waals surface area contributed by atoms with Gasteiger partial charge in [0.25, 0.3) is 5.91 Å². The number of hydrazine groups is 1. The van der Waals surface area contributed by atoms with Gasteiger partial charge in [0.05, 0.1) is 30.6 Å². The van der Waals surface area contributed by atoms with E-state index in [4.69, 9.17) is 4.74 Å². The molecule has 9 atom stereocenters. The van der Waals surface area contributed by atoms with Crippen LogP contribution in [0.1, 0.15) is 168 Å². The Balaban J connectivity index is 0.892. The van der Waals surface area contributed by atoms with Gasteiger partial charge in [-0.1, -0.05) is 120 Å². The number of likely N-dealkylation sites (tertiary alicyclic amines) is 1. The summed E-state index contributed by atoms with van der Waals surface area (Å²) in [4.78, 5) is 99.7. The molecule has 0 radical (unpaired) electrons. The molecule has 6 amide bonds. The minimum atomic E-state index is -0.848. The summed E-state index contributed by atoms with van der Waals surface area (Å²) in [5.41, 5.74) is 9.02. The molecule has 15 nitrogen and oxygen atoms in total. The van der Waals surface area contributed by atoms with Crippen LogP contribution in [0.3, 0.4) is 0 Å². The van der Waals surface area contributed by atoms with Crippen LogP contribution in [0.15, 0.2) is 97.1 Å². The van der Waals surface area contributed by atoms with Gasteiger partial charge in [0.1, 0.15) is 24.2 Å². The summed E-state index contributed by atoms with van der Waals surface area (Å²) in [5.74, 6) is -3.10. The molecule has 0 aromatic heterocycles. The van der Waals surface area contributed by atoms with E-state index in [0.29, 0.717) is 30.6 Å². The Bertz CT molecular complexity index is 2810. The third-order valence-electron chi connectivity index (χ3n) is 17.1. The van der Waals surface area contributed by atoms with E-state index in [2.05, 4.69) is 44.9 Å². The summed E-state index contributed by atoms with van der Waals surface area (Å²) < 4.78 is 6.17. The lowest BCUT2D eigenvalue weighted by Crippen LogP contribution is -2.52. The van der Waals surface area contributed by atoms with Crippen molar-refractivity contribution in [1.29, 1.82) is 0 Å². The molecule has 15 heteroatoms. The van der Waals surface area contributed by atoms with Crippen LogP contribution in [0.5, 0.6) is 5.75 Å². The van der Waals surface area contributed by atoms with Crippen molar-refractivity contribution in [1.82, 2.24) is 36.6 Å². The minimum Gasteiger partial charge on any atom is -0.489 e. The van der Waals surface area contributed by atoms with E-state index in [0.717, 1.165) is 73.6 Å². The second-order valence-electron chi connectivity index (χ2n) is 23.7. The van der Waals surface area contributed by atoms with E-state index in [-0.39, 0.29) is 91.8 Å². The molecule has 3 aliphatic carbocycles. The van der Waals surface area contributed by atoms with Crippen LogP contribution < -0.4 is 31.4 Å². The lowest BCUT2D eigenvalue weighted by molar-refractivity contribution is -0.151. The fourth-order valence-electron chi connectivity index (χ4n) is 11.9. The number of aryl methyl sites for hydroxylation is 2. The average molecular weight is 1080 g/mol. The van der Waals surface area contributed by atoms with E-state index >= 15 is 0 Å². The van der Waals surface area contributed by atoms with Crippen molar-refractivity contribution in [3.05, 3.63) is 136 Å². The molecule has 1 heterocycles. The number of ketones is 1. The van der Waals surface area contributed by atoms with Gasteiger partial charge < -0.3 is 30.9 Å². The topological polar surface area (TPSA) is 195 Å². The van der Waals surface area contributed by atoms with Gasteiger partial charge in [-0.25, -0.2) is 5.01 Å². The Morgan fingerprint density at radius 3 is 1.87 bits per heavy atom. The summed E-state index contributed by atoms with van der Waals surface area (Å²) in [7, 11) is 1.71. The normalized spacial score (nSPS) is 21.9. The molecule has 79 heavy (non-hydrogen) atoms. The molecule has 4 aliphatic rings. The summed E-state index contributed by atoms with van der Waals surface area (Å²) in [6, 6.07) is 28.7. The first kappa shape index (κ1) is 58.3. The Labute approximate surface area is 467 Å². The highest BCUT2D eigenvalue weighted by Crippen LogP contribution is 2.37. The summed E-state index contributed by atoms with van der Waals surface area (Å²) in [6.45, 7) is 11.8. The van der Waals surface area contributed by atoms with Crippen LogP contribution in [-0.2, 0) is 54.8 Å². The molecule has 1 saturated carbocycles. The summed E-state index contributed by atoms with van der Waals surface area (Å²) >= 11 is 0. The van der Waals surface area contributed by atoms with Crippen LogP contribution in [0.2, 0.25) is 0 Å². The smallest absolute Gasteiger partial charge is 0.251 e. The monoisotopic (exact) mass is 1080 g/mol. The number of rotatable bonds is 19. The van der Waals surface area contributed by atoms with Crippen LogP contribution in [0, 0.1) is 29.1 Å². The van der Waals surface area contributed by atoms with Crippen molar-refractivity contribution in [3.8, 4) is 5.75 Å². The van der Waals surface area contributed by atoms with Crippen molar-refractivity contribution in [2.45, 2.75) is 168 Å². The number of carbonyl (C=O) groups excluding carboxylic acids is 7. The third-order valence-corrected chi connectivity index (χ3v) is 17.1. The average Bonchev–Trinajstić information content (AvgIpc) is 4.06. The largest absolute Gasteiger partial charge is 0.489 e. The Morgan fingerprint density at radius 2 is 1.28 bits per heavy atom. The van der Waals surface area contributed by atoms with Crippen LogP contribution in [0.4, 0.5) is 0 Å². The van der Waals surface area contributed by atoms with E-state index in [1.165, 1.54) is 16.1 Å². The van der Waals surface area contributed by atoms with Crippen molar-refractivity contribution in [2.24, 2.45) is 29.1 Å². The maximum Gasteiger partial charge on any atom is 0.251 e. The number of carbonyl (C=O) groups is 7. The quantitative estimate of drug-likeness (QED) is 0.0571. The highest BCUT2D eigenvalue weighted by atomic mass is 16.5. The Kier molecular flexibility index (Phi) is 19.5. The first-order valence-corrected chi connectivity index (χ1v) is 28.9. The minimum absolute atomic E-state index is 0.0191. The molecule has 422 valence electrons. The van der Waals surface area contributed by atoms with Gasteiger partial charge in [-0.3, -0.25) is 39.0 Å². The third kappa shape index (κ3) is 14.5. The molecule has 0 spiro atoms. The van der Waals surface area contributed by atoms with Crippen molar-refractivity contribution in [3.63, 3.8) is 0 Å². The highest BCUT2D eigenvalue weighted by Gasteiger charge is 2.46. The zero-order valence-electron chi connectivity index (χ0n) is 47.4. The molecule has 0 bridgehead atoms.